The summed E-state index contributed by atoms with van der Waals surface area (Å²) in [6, 6.07) is 61.7. The summed E-state index contributed by atoms with van der Waals surface area (Å²) in [4.78, 5) is 10.3. The number of fused-ring (bicyclic) bond motifs is 6. The number of hydrogen-bond acceptors (Lipinski definition) is 4. The highest BCUT2D eigenvalue weighted by Crippen LogP contribution is 2.40. The standard InChI is InChI=1S/C47H31N3O/c1-3-14-30(15-4-1)45-48-46(31-16-5-2-6-17-31)50-47(49-45)35-27-33(37-23-13-24-41-40-22-11-12-25-43(40)51-44(37)41)26-34(28-35)42-29-32-18-7-8-19-36(32)38-20-9-10-21-39(38)42/h1-29,45H,(H,48,49,50). The van der Waals surface area contributed by atoms with Crippen LogP contribution in [0.25, 0.3) is 65.7 Å². The first-order valence-corrected chi connectivity index (χ1v) is 17.3. The Bertz CT molecular complexity index is 2830. The molecule has 0 saturated carbocycles. The van der Waals surface area contributed by atoms with Crippen molar-refractivity contribution in [3.63, 3.8) is 0 Å². The maximum absolute atomic E-state index is 6.58. The molecule has 1 aliphatic heterocycles. The summed E-state index contributed by atoms with van der Waals surface area (Å²) in [5, 5.41) is 10.8. The van der Waals surface area contributed by atoms with Gasteiger partial charge in [0.25, 0.3) is 0 Å². The summed E-state index contributed by atoms with van der Waals surface area (Å²) in [6.45, 7) is 0. The first kappa shape index (κ1) is 29.2. The molecule has 2 heterocycles. The molecule has 4 heteroatoms. The van der Waals surface area contributed by atoms with Crippen LogP contribution in [0.5, 0.6) is 0 Å². The molecule has 1 aliphatic rings. The molecule has 9 aromatic rings. The average molecular weight is 654 g/mol. The van der Waals surface area contributed by atoms with Gasteiger partial charge >= 0.3 is 0 Å². The zero-order valence-electron chi connectivity index (χ0n) is 27.6. The van der Waals surface area contributed by atoms with Crippen LogP contribution in [-0.4, -0.2) is 11.7 Å². The van der Waals surface area contributed by atoms with Crippen molar-refractivity contribution >= 4 is 55.2 Å². The second-order valence-electron chi connectivity index (χ2n) is 13.0. The summed E-state index contributed by atoms with van der Waals surface area (Å²) in [6.07, 6.45) is -0.304. The lowest BCUT2D eigenvalue weighted by Gasteiger charge is -2.24. The third-order valence-electron chi connectivity index (χ3n) is 9.89. The van der Waals surface area contributed by atoms with Crippen LogP contribution < -0.4 is 5.32 Å². The summed E-state index contributed by atoms with van der Waals surface area (Å²) < 4.78 is 6.58. The average Bonchev–Trinajstić information content (AvgIpc) is 3.60. The number of para-hydroxylation sites is 2. The number of nitrogens with one attached hydrogen (secondary N) is 1. The predicted octanol–water partition coefficient (Wildman–Crippen LogP) is 11.7. The lowest BCUT2D eigenvalue weighted by molar-refractivity contribution is 0.670. The van der Waals surface area contributed by atoms with Crippen LogP contribution in [0, 0.1) is 0 Å². The van der Waals surface area contributed by atoms with Gasteiger partial charge in [0.2, 0.25) is 0 Å². The van der Waals surface area contributed by atoms with Crippen molar-refractivity contribution in [3.05, 3.63) is 193 Å². The molecule has 1 aromatic heterocycles. The molecule has 0 radical (unpaired) electrons. The molecule has 240 valence electrons. The summed E-state index contributed by atoms with van der Waals surface area (Å²) in [7, 11) is 0. The molecule has 0 amide bonds. The molecule has 51 heavy (non-hydrogen) atoms. The fourth-order valence-electron chi connectivity index (χ4n) is 7.46. The number of rotatable bonds is 5. The molecule has 1 unspecified atom stereocenters. The summed E-state index contributed by atoms with van der Waals surface area (Å²) in [5.41, 5.74) is 9.11. The van der Waals surface area contributed by atoms with Crippen LogP contribution in [-0.2, 0) is 0 Å². The van der Waals surface area contributed by atoms with Gasteiger partial charge in [-0.25, -0.2) is 9.98 Å². The van der Waals surface area contributed by atoms with Gasteiger partial charge in [-0.2, -0.15) is 0 Å². The van der Waals surface area contributed by atoms with E-state index in [1.54, 1.807) is 0 Å². The maximum atomic E-state index is 6.58. The van der Waals surface area contributed by atoms with E-state index in [2.05, 4.69) is 145 Å². The van der Waals surface area contributed by atoms with E-state index in [0.717, 1.165) is 66.7 Å². The Labute approximate surface area is 295 Å². The Morgan fingerprint density at radius 1 is 0.451 bits per heavy atom. The fourth-order valence-corrected chi connectivity index (χ4v) is 7.46. The van der Waals surface area contributed by atoms with Crippen LogP contribution in [0.15, 0.2) is 190 Å². The molecule has 0 bridgehead atoms. The van der Waals surface area contributed by atoms with Crippen molar-refractivity contribution < 1.29 is 4.42 Å². The maximum Gasteiger partial charge on any atom is 0.159 e. The topological polar surface area (TPSA) is 49.9 Å². The smallest absolute Gasteiger partial charge is 0.159 e. The SMILES string of the molecule is c1ccc(C2=NC(c3ccccc3)NC(c3cc(-c4cc5ccccc5c5ccccc45)cc(-c4cccc5c4oc4ccccc45)c3)=N2)cc1. The van der Waals surface area contributed by atoms with Gasteiger partial charge in [0, 0.05) is 27.5 Å². The van der Waals surface area contributed by atoms with Crippen molar-refractivity contribution in [1.29, 1.82) is 0 Å². The van der Waals surface area contributed by atoms with Crippen molar-refractivity contribution in [2.45, 2.75) is 6.17 Å². The second kappa shape index (κ2) is 12.0. The molecule has 8 aromatic carbocycles. The highest BCUT2D eigenvalue weighted by atomic mass is 16.3. The molecule has 4 nitrogen and oxygen atoms in total. The number of amidine groups is 2. The van der Waals surface area contributed by atoms with Crippen LogP contribution >= 0.6 is 0 Å². The number of furan rings is 1. The molecule has 0 saturated heterocycles. The molecule has 10 rings (SSSR count). The highest BCUT2D eigenvalue weighted by Gasteiger charge is 2.23. The Morgan fingerprint density at radius 3 is 1.90 bits per heavy atom. The van der Waals surface area contributed by atoms with Gasteiger partial charge in [-0.1, -0.05) is 146 Å². The quantitative estimate of drug-likeness (QED) is 0.188. The van der Waals surface area contributed by atoms with Gasteiger partial charge in [-0.15, -0.1) is 0 Å². The largest absolute Gasteiger partial charge is 0.455 e. The first-order valence-electron chi connectivity index (χ1n) is 17.3. The van der Waals surface area contributed by atoms with Crippen molar-refractivity contribution in [2.24, 2.45) is 9.98 Å². The Hall–Kier alpha value is -6.78. The van der Waals surface area contributed by atoms with Crippen molar-refractivity contribution in [1.82, 2.24) is 5.32 Å². The van der Waals surface area contributed by atoms with E-state index >= 15 is 0 Å². The fraction of sp³-hybridized carbons (Fsp3) is 0.0213. The van der Waals surface area contributed by atoms with Gasteiger partial charge < -0.3 is 9.73 Å². The number of nitrogens with zero attached hydrogens (tertiary/aromatic N) is 2. The number of aliphatic imine (C=N–C) groups is 2. The zero-order valence-corrected chi connectivity index (χ0v) is 27.6. The van der Waals surface area contributed by atoms with E-state index in [1.807, 2.05) is 36.4 Å². The Morgan fingerprint density at radius 2 is 1.08 bits per heavy atom. The van der Waals surface area contributed by atoms with Crippen molar-refractivity contribution in [3.8, 4) is 22.3 Å². The minimum Gasteiger partial charge on any atom is -0.455 e. The molecular weight excluding hydrogens is 623 g/mol. The minimum atomic E-state index is -0.304. The third kappa shape index (κ3) is 5.08. The predicted molar refractivity (Wildman–Crippen MR) is 211 cm³/mol. The highest BCUT2D eigenvalue weighted by molar-refractivity contribution is 6.17. The summed E-state index contributed by atoms with van der Waals surface area (Å²) >= 11 is 0. The van der Waals surface area contributed by atoms with E-state index < -0.39 is 0 Å². The lowest BCUT2D eigenvalue weighted by Crippen LogP contribution is -2.33. The van der Waals surface area contributed by atoms with E-state index in [0.29, 0.717) is 5.84 Å². The molecular formula is C47H31N3O. The van der Waals surface area contributed by atoms with Gasteiger partial charge in [0.1, 0.15) is 23.2 Å². The number of benzene rings is 8. The Balaban J connectivity index is 1.24. The van der Waals surface area contributed by atoms with Crippen LogP contribution in [0.4, 0.5) is 0 Å². The zero-order chi connectivity index (χ0) is 33.7. The van der Waals surface area contributed by atoms with Gasteiger partial charge in [-0.05, 0) is 74.1 Å². The van der Waals surface area contributed by atoms with E-state index in [1.165, 1.54) is 21.5 Å². The van der Waals surface area contributed by atoms with Gasteiger partial charge in [-0.3, -0.25) is 0 Å². The molecule has 0 aliphatic carbocycles. The molecule has 0 fully saturated rings. The minimum absolute atomic E-state index is 0.304. The normalized spacial score (nSPS) is 14.5. The van der Waals surface area contributed by atoms with Crippen LogP contribution in [0.2, 0.25) is 0 Å². The van der Waals surface area contributed by atoms with E-state index in [4.69, 9.17) is 14.4 Å². The monoisotopic (exact) mass is 653 g/mol. The van der Waals surface area contributed by atoms with Gasteiger partial charge in [0.05, 0.1) is 0 Å². The summed E-state index contributed by atoms with van der Waals surface area (Å²) in [5.74, 6) is 1.46. The molecule has 1 N–H and O–H groups in total. The van der Waals surface area contributed by atoms with Gasteiger partial charge in [0.15, 0.2) is 5.84 Å². The van der Waals surface area contributed by atoms with Crippen molar-refractivity contribution in [2.75, 3.05) is 0 Å². The molecule has 0 spiro atoms. The van der Waals surface area contributed by atoms with Crippen LogP contribution in [0.1, 0.15) is 22.9 Å². The van der Waals surface area contributed by atoms with Crippen LogP contribution in [0.3, 0.4) is 0 Å². The first-order chi connectivity index (χ1) is 25.3. The van der Waals surface area contributed by atoms with E-state index in [-0.39, 0.29) is 6.17 Å². The number of hydrogen-bond donors (Lipinski definition) is 1. The third-order valence-corrected chi connectivity index (χ3v) is 9.89. The van der Waals surface area contributed by atoms with E-state index in [9.17, 15) is 0 Å². The molecule has 1 atom stereocenters. The Kier molecular flexibility index (Phi) is 6.85. The lowest BCUT2D eigenvalue weighted by atomic mass is 9.90. The second-order valence-corrected chi connectivity index (χ2v) is 13.0.